The van der Waals surface area contributed by atoms with Crippen molar-refractivity contribution in [1.29, 1.82) is 0 Å². The number of imide groups is 2. The number of nitrogens with zero attached hydrogens (tertiary/aromatic N) is 2. The molecular formula is C20H18N2O4. The van der Waals surface area contributed by atoms with Crippen molar-refractivity contribution < 1.29 is 19.5 Å². The molecule has 1 saturated heterocycles. The van der Waals surface area contributed by atoms with Gasteiger partial charge < -0.3 is 5.11 Å². The Labute approximate surface area is 151 Å². The van der Waals surface area contributed by atoms with Crippen LogP contribution in [0.5, 0.6) is 5.75 Å². The predicted molar refractivity (Wildman–Crippen MR) is 97.7 cm³/mol. The molecule has 0 aliphatic carbocycles. The van der Waals surface area contributed by atoms with E-state index < -0.39 is 17.8 Å². The average Bonchev–Trinajstić information content (AvgIpc) is 2.62. The van der Waals surface area contributed by atoms with E-state index in [-0.39, 0.29) is 11.3 Å². The number of aryl methyl sites for hydroxylation is 2. The van der Waals surface area contributed by atoms with Crippen LogP contribution in [0.1, 0.15) is 16.7 Å². The second-order valence-corrected chi connectivity index (χ2v) is 6.18. The van der Waals surface area contributed by atoms with Crippen LogP contribution in [0.3, 0.4) is 0 Å². The van der Waals surface area contributed by atoms with Gasteiger partial charge in [0.15, 0.2) is 0 Å². The number of hydrogen-bond donors (Lipinski definition) is 1. The minimum absolute atomic E-state index is 0.111. The number of phenolic OH excluding ortho intramolecular Hbond substituents is 1. The summed E-state index contributed by atoms with van der Waals surface area (Å²) < 4.78 is 0. The van der Waals surface area contributed by atoms with Crippen LogP contribution in [-0.2, 0) is 9.59 Å². The monoisotopic (exact) mass is 350 g/mol. The maximum absolute atomic E-state index is 12.9. The zero-order chi connectivity index (χ0) is 19.0. The van der Waals surface area contributed by atoms with E-state index in [9.17, 15) is 19.5 Å². The van der Waals surface area contributed by atoms with Crippen molar-refractivity contribution in [3.8, 4) is 5.75 Å². The van der Waals surface area contributed by atoms with E-state index in [2.05, 4.69) is 0 Å². The molecule has 3 rings (SSSR count). The van der Waals surface area contributed by atoms with Crippen molar-refractivity contribution >= 4 is 29.6 Å². The highest BCUT2D eigenvalue weighted by Crippen LogP contribution is 2.27. The van der Waals surface area contributed by atoms with Gasteiger partial charge in [-0.25, -0.2) is 9.69 Å². The zero-order valence-corrected chi connectivity index (χ0v) is 14.7. The second-order valence-electron chi connectivity index (χ2n) is 6.18. The number of likely N-dealkylation sites (N-methyl/N-ethyl adjacent to an activating group) is 1. The van der Waals surface area contributed by atoms with Gasteiger partial charge in [-0.05, 0) is 60.9 Å². The summed E-state index contributed by atoms with van der Waals surface area (Å²) in [5, 5.41) is 9.89. The van der Waals surface area contributed by atoms with Crippen LogP contribution in [0, 0.1) is 13.8 Å². The summed E-state index contributed by atoms with van der Waals surface area (Å²) in [6.07, 6.45) is 1.45. The van der Waals surface area contributed by atoms with E-state index in [1.54, 1.807) is 56.3 Å². The van der Waals surface area contributed by atoms with Crippen molar-refractivity contribution in [3.63, 3.8) is 0 Å². The van der Waals surface area contributed by atoms with Gasteiger partial charge in [0.2, 0.25) is 0 Å². The minimum Gasteiger partial charge on any atom is -0.507 e. The molecule has 6 heteroatoms. The number of hydrogen-bond acceptors (Lipinski definition) is 4. The summed E-state index contributed by atoms with van der Waals surface area (Å²) in [5.41, 5.74) is 2.16. The first kappa shape index (κ1) is 17.4. The minimum atomic E-state index is -0.693. The molecule has 1 aliphatic heterocycles. The summed E-state index contributed by atoms with van der Waals surface area (Å²) in [6, 6.07) is 11.1. The number of anilines is 1. The molecule has 0 spiro atoms. The van der Waals surface area contributed by atoms with Crippen molar-refractivity contribution in [2.45, 2.75) is 13.8 Å². The maximum Gasteiger partial charge on any atom is 0.338 e. The molecule has 0 bridgehead atoms. The Morgan fingerprint density at radius 3 is 2.08 bits per heavy atom. The fraction of sp³-hybridized carbons (Fsp3) is 0.150. The number of aromatic hydroxyl groups is 1. The van der Waals surface area contributed by atoms with E-state index in [0.29, 0.717) is 22.4 Å². The van der Waals surface area contributed by atoms with Gasteiger partial charge in [0.1, 0.15) is 11.3 Å². The highest BCUT2D eigenvalue weighted by Gasteiger charge is 2.40. The Morgan fingerprint density at radius 1 is 0.923 bits per heavy atom. The quantitative estimate of drug-likeness (QED) is 0.667. The third-order valence-corrected chi connectivity index (χ3v) is 4.29. The third kappa shape index (κ3) is 2.86. The van der Waals surface area contributed by atoms with Crippen LogP contribution in [0.4, 0.5) is 10.5 Å². The first-order valence-electron chi connectivity index (χ1n) is 8.04. The van der Waals surface area contributed by atoms with E-state index in [0.717, 1.165) is 9.80 Å². The van der Waals surface area contributed by atoms with Crippen molar-refractivity contribution in [2.75, 3.05) is 11.9 Å². The van der Waals surface area contributed by atoms with Crippen LogP contribution < -0.4 is 4.90 Å². The van der Waals surface area contributed by atoms with E-state index in [1.165, 1.54) is 13.1 Å². The molecular weight excluding hydrogens is 332 g/mol. The molecule has 0 atom stereocenters. The summed E-state index contributed by atoms with van der Waals surface area (Å²) in [5.74, 6) is -1.16. The van der Waals surface area contributed by atoms with Crippen LogP contribution in [0.2, 0.25) is 0 Å². The molecule has 0 aromatic heterocycles. The number of amides is 4. The molecule has 1 N–H and O–H groups in total. The van der Waals surface area contributed by atoms with Gasteiger partial charge >= 0.3 is 6.03 Å². The Kier molecular flexibility index (Phi) is 4.34. The lowest BCUT2D eigenvalue weighted by Gasteiger charge is -2.31. The lowest BCUT2D eigenvalue weighted by molar-refractivity contribution is -0.128. The number of carbonyl (C=O) groups excluding carboxylic acids is 3. The molecule has 6 nitrogen and oxygen atoms in total. The maximum atomic E-state index is 12.9. The summed E-state index contributed by atoms with van der Waals surface area (Å²) in [4.78, 5) is 39.7. The fourth-order valence-electron chi connectivity index (χ4n) is 2.88. The second kappa shape index (κ2) is 6.48. The Balaban J connectivity index is 2.10. The van der Waals surface area contributed by atoms with Crippen LogP contribution >= 0.6 is 0 Å². The first-order chi connectivity index (χ1) is 12.3. The summed E-state index contributed by atoms with van der Waals surface area (Å²) in [7, 11) is 1.34. The summed E-state index contributed by atoms with van der Waals surface area (Å²) >= 11 is 0. The average molecular weight is 350 g/mol. The standard InChI is InChI=1S/C20H18N2O4/c1-12-9-14(10-13(2)17(12)23)11-16-18(24)21(3)20(26)22(19(16)25)15-7-5-4-6-8-15/h4-11,23H,1-3H3. The van der Waals surface area contributed by atoms with Crippen molar-refractivity contribution in [3.05, 3.63) is 64.7 Å². The number of benzene rings is 2. The lowest BCUT2D eigenvalue weighted by atomic mass is 10.0. The molecule has 1 aliphatic rings. The molecule has 1 heterocycles. The van der Waals surface area contributed by atoms with Gasteiger partial charge in [-0.15, -0.1) is 0 Å². The molecule has 4 amide bonds. The summed E-state index contributed by atoms with van der Waals surface area (Å²) in [6.45, 7) is 3.47. The Hall–Kier alpha value is -3.41. The van der Waals surface area contributed by atoms with Gasteiger partial charge in [-0.3, -0.25) is 14.5 Å². The molecule has 26 heavy (non-hydrogen) atoms. The zero-order valence-electron chi connectivity index (χ0n) is 14.7. The van der Waals surface area contributed by atoms with E-state index in [1.807, 2.05) is 0 Å². The number of carbonyl (C=O) groups is 3. The molecule has 0 saturated carbocycles. The van der Waals surface area contributed by atoms with E-state index >= 15 is 0 Å². The van der Waals surface area contributed by atoms with Gasteiger partial charge in [0.25, 0.3) is 11.8 Å². The smallest absolute Gasteiger partial charge is 0.338 e. The number of para-hydroxylation sites is 1. The lowest BCUT2D eigenvalue weighted by Crippen LogP contribution is -2.55. The fourth-order valence-corrected chi connectivity index (χ4v) is 2.88. The SMILES string of the molecule is Cc1cc(C=C2C(=O)N(C)C(=O)N(c3ccccc3)C2=O)cc(C)c1O. The number of phenols is 1. The topological polar surface area (TPSA) is 77.9 Å². The molecule has 0 unspecified atom stereocenters. The number of barbiturate groups is 1. The molecule has 2 aromatic rings. The molecule has 0 radical (unpaired) electrons. The van der Waals surface area contributed by atoms with Crippen LogP contribution in [-0.4, -0.2) is 34.9 Å². The van der Waals surface area contributed by atoms with Crippen LogP contribution in [0.25, 0.3) is 6.08 Å². The normalized spacial score (nSPS) is 16.6. The van der Waals surface area contributed by atoms with Gasteiger partial charge in [-0.1, -0.05) is 18.2 Å². The Morgan fingerprint density at radius 2 is 1.50 bits per heavy atom. The van der Waals surface area contributed by atoms with Crippen molar-refractivity contribution in [2.24, 2.45) is 0 Å². The number of urea groups is 1. The van der Waals surface area contributed by atoms with Gasteiger partial charge in [0.05, 0.1) is 5.69 Å². The number of rotatable bonds is 2. The van der Waals surface area contributed by atoms with Gasteiger partial charge in [0, 0.05) is 7.05 Å². The molecule has 132 valence electrons. The Bertz CT molecular complexity index is 925. The third-order valence-electron chi connectivity index (χ3n) is 4.29. The first-order valence-corrected chi connectivity index (χ1v) is 8.04. The van der Waals surface area contributed by atoms with Crippen LogP contribution in [0.15, 0.2) is 48.0 Å². The highest BCUT2D eigenvalue weighted by atomic mass is 16.3. The highest BCUT2D eigenvalue weighted by molar-refractivity contribution is 6.39. The predicted octanol–water partition coefficient (Wildman–Crippen LogP) is 3.02. The molecule has 1 fully saturated rings. The van der Waals surface area contributed by atoms with Gasteiger partial charge in [-0.2, -0.15) is 0 Å². The van der Waals surface area contributed by atoms with Crippen molar-refractivity contribution in [1.82, 2.24) is 4.90 Å². The molecule has 2 aromatic carbocycles. The van der Waals surface area contributed by atoms with E-state index in [4.69, 9.17) is 0 Å². The largest absolute Gasteiger partial charge is 0.507 e.